The number of rotatable bonds is 7. The lowest BCUT2D eigenvalue weighted by atomic mass is 10.1. The van der Waals surface area contributed by atoms with Gasteiger partial charge in [0.05, 0.1) is 33.9 Å². The van der Waals surface area contributed by atoms with E-state index in [9.17, 15) is 19.8 Å². The van der Waals surface area contributed by atoms with Crippen LogP contribution in [-0.2, 0) is 4.79 Å². The van der Waals surface area contributed by atoms with E-state index in [2.05, 4.69) is 21.0 Å². The number of thiophene rings is 1. The number of aromatic nitrogens is 2. The Morgan fingerprint density at radius 2 is 1.91 bits per heavy atom. The van der Waals surface area contributed by atoms with Crippen LogP contribution in [0.2, 0.25) is 0 Å². The topological polar surface area (TPSA) is 139 Å². The molecule has 0 bridgehead atoms. The minimum absolute atomic E-state index is 0.0305. The van der Waals surface area contributed by atoms with Crippen molar-refractivity contribution in [3.63, 3.8) is 0 Å². The number of aromatic carboxylic acids is 1. The predicted octanol–water partition coefficient (Wildman–Crippen LogP) is 4.47. The van der Waals surface area contributed by atoms with Crippen LogP contribution in [0.4, 0.5) is 5.00 Å². The Hall–Kier alpha value is -4.37. The minimum Gasteiger partial charge on any atom is -0.478 e. The van der Waals surface area contributed by atoms with Crippen molar-refractivity contribution in [3.05, 3.63) is 81.5 Å². The molecule has 1 aliphatic heterocycles. The zero-order valence-electron chi connectivity index (χ0n) is 17.4. The lowest BCUT2D eigenvalue weighted by Gasteiger charge is -2.08. The average Bonchev–Trinajstić information content (AvgIpc) is 3.08. The van der Waals surface area contributed by atoms with Gasteiger partial charge in [-0.05, 0) is 55.0 Å². The Morgan fingerprint density at radius 3 is 2.52 bits per heavy atom. The van der Waals surface area contributed by atoms with E-state index >= 15 is 0 Å². The molecule has 0 fully saturated rings. The maximum absolute atomic E-state index is 11.7. The lowest BCUT2D eigenvalue weighted by Crippen LogP contribution is -2.07. The smallest absolute Gasteiger partial charge is 0.335 e. The van der Waals surface area contributed by atoms with Crippen molar-refractivity contribution in [2.24, 2.45) is 10.7 Å². The maximum atomic E-state index is 11.7. The number of fused-ring (bicyclic) bond motifs is 1. The van der Waals surface area contributed by atoms with Gasteiger partial charge in [0.1, 0.15) is 5.00 Å². The van der Waals surface area contributed by atoms with Crippen molar-refractivity contribution in [2.75, 3.05) is 0 Å². The summed E-state index contributed by atoms with van der Waals surface area (Å²) in [5.41, 5.74) is 8.90. The second-order valence-electron chi connectivity index (χ2n) is 7.06. The van der Waals surface area contributed by atoms with Gasteiger partial charge in [0, 0.05) is 22.9 Å². The summed E-state index contributed by atoms with van der Waals surface area (Å²) in [5, 5.41) is 19.8. The first kappa shape index (κ1) is 21.8. The third-order valence-electron chi connectivity index (χ3n) is 4.80. The average molecular weight is 458 g/mol. The molecular weight excluding hydrogens is 440 g/mol. The molecule has 0 spiro atoms. The van der Waals surface area contributed by atoms with E-state index in [-0.39, 0.29) is 22.5 Å². The summed E-state index contributed by atoms with van der Waals surface area (Å²) in [6.45, 7) is 1.57. The first-order chi connectivity index (χ1) is 15.8. The van der Waals surface area contributed by atoms with Crippen LogP contribution in [0.25, 0.3) is 29.2 Å². The van der Waals surface area contributed by atoms with Crippen LogP contribution < -0.4 is 5.73 Å². The van der Waals surface area contributed by atoms with E-state index in [1.807, 2.05) is 24.4 Å². The van der Waals surface area contributed by atoms with Gasteiger partial charge < -0.3 is 15.9 Å². The van der Waals surface area contributed by atoms with Crippen molar-refractivity contribution >= 4 is 52.3 Å². The molecule has 4 N–H and O–H groups in total. The second-order valence-corrected chi connectivity index (χ2v) is 8.12. The zero-order chi connectivity index (χ0) is 23.5. The summed E-state index contributed by atoms with van der Waals surface area (Å²) in [7, 11) is 0. The van der Waals surface area contributed by atoms with Gasteiger partial charge in [-0.15, -0.1) is 11.3 Å². The highest BCUT2D eigenvalue weighted by molar-refractivity contribution is 7.17. The van der Waals surface area contributed by atoms with E-state index < -0.39 is 11.9 Å². The van der Waals surface area contributed by atoms with Crippen LogP contribution >= 0.6 is 11.3 Å². The molecule has 3 aromatic heterocycles. The van der Waals surface area contributed by atoms with E-state index in [0.29, 0.717) is 11.4 Å². The van der Waals surface area contributed by atoms with Crippen LogP contribution in [0.5, 0.6) is 0 Å². The third-order valence-corrected chi connectivity index (χ3v) is 5.83. The van der Waals surface area contributed by atoms with Crippen LogP contribution in [0.15, 0.2) is 59.2 Å². The van der Waals surface area contributed by atoms with Crippen LogP contribution in [-0.4, -0.2) is 38.3 Å². The first-order valence-corrected chi connectivity index (χ1v) is 10.6. The van der Waals surface area contributed by atoms with Crippen molar-refractivity contribution in [1.82, 2.24) is 9.97 Å². The number of allylic oxidation sites excluding steroid dienone is 1. The first-order valence-electron chi connectivity index (χ1n) is 9.79. The molecule has 0 aliphatic carbocycles. The van der Waals surface area contributed by atoms with Gasteiger partial charge in [0.2, 0.25) is 0 Å². The SMILES string of the molecule is C/C=C(\C=C(/N)c1cc(C(=O)O)cc(-c2cc(/C=C/c3cc4c(s3)N=C4)ccn2)n1)C(=O)O. The Labute approximate surface area is 192 Å². The molecule has 8 nitrogen and oxygen atoms in total. The number of nitrogens with two attached hydrogens (primary N) is 1. The number of aliphatic imine (C=N–C) groups is 1. The third kappa shape index (κ3) is 4.78. The summed E-state index contributed by atoms with van der Waals surface area (Å²) >= 11 is 1.60. The Morgan fingerprint density at radius 1 is 1.09 bits per heavy atom. The molecule has 9 heteroatoms. The molecule has 0 amide bonds. The number of aliphatic carboxylic acids is 1. The van der Waals surface area contributed by atoms with Gasteiger partial charge in [-0.1, -0.05) is 12.2 Å². The molecule has 4 rings (SSSR count). The highest BCUT2D eigenvalue weighted by Crippen LogP contribution is 2.36. The van der Waals surface area contributed by atoms with Gasteiger partial charge in [-0.3, -0.25) is 4.98 Å². The number of nitrogens with zero attached hydrogens (tertiary/aromatic N) is 3. The van der Waals surface area contributed by atoms with Crippen molar-refractivity contribution in [2.45, 2.75) is 6.92 Å². The number of pyridine rings is 2. The Balaban J connectivity index is 1.69. The highest BCUT2D eigenvalue weighted by atomic mass is 32.1. The normalized spacial score (nSPS) is 13.1. The van der Waals surface area contributed by atoms with Crippen LogP contribution in [0.3, 0.4) is 0 Å². The molecule has 1 aliphatic rings. The fourth-order valence-electron chi connectivity index (χ4n) is 3.06. The molecule has 0 aromatic carbocycles. The van der Waals surface area contributed by atoms with Crippen LogP contribution in [0.1, 0.15) is 39.0 Å². The summed E-state index contributed by atoms with van der Waals surface area (Å²) < 4.78 is 0. The molecule has 0 radical (unpaired) electrons. The van der Waals surface area contributed by atoms with Gasteiger partial charge in [0.15, 0.2) is 0 Å². The molecule has 0 saturated carbocycles. The van der Waals surface area contributed by atoms with Crippen molar-refractivity contribution < 1.29 is 19.8 Å². The summed E-state index contributed by atoms with van der Waals surface area (Å²) in [5.74, 6) is -2.31. The number of carbonyl (C=O) groups is 2. The molecule has 33 heavy (non-hydrogen) atoms. The van der Waals surface area contributed by atoms with Crippen molar-refractivity contribution in [1.29, 1.82) is 0 Å². The fourth-order valence-corrected chi connectivity index (χ4v) is 3.94. The van der Waals surface area contributed by atoms with E-state index in [0.717, 1.165) is 21.0 Å². The quantitative estimate of drug-likeness (QED) is 0.274. The standard InChI is InChI=1S/C24H18N4O4S/c1-2-14(23(29)30)9-18(25)19-10-15(24(31)32)11-21(28-19)20-7-13(5-6-26-20)3-4-17-8-16-12-27-22(16)33-17/h2-12H,25H2,1H3,(H,29,30)(H,31,32)/b4-3+,14-2+,18-9-. The number of hydrogen-bond donors (Lipinski definition) is 3. The molecule has 4 heterocycles. The van der Waals surface area contributed by atoms with E-state index in [1.54, 1.807) is 30.5 Å². The summed E-state index contributed by atoms with van der Waals surface area (Å²) in [6.07, 6.45) is 9.97. The molecule has 0 saturated heterocycles. The lowest BCUT2D eigenvalue weighted by molar-refractivity contribution is -0.132. The van der Waals surface area contributed by atoms with Crippen molar-refractivity contribution in [3.8, 4) is 11.4 Å². The largest absolute Gasteiger partial charge is 0.478 e. The summed E-state index contributed by atoms with van der Waals surface area (Å²) in [6, 6.07) is 8.37. The number of hydrogen-bond acceptors (Lipinski definition) is 7. The summed E-state index contributed by atoms with van der Waals surface area (Å²) in [4.78, 5) is 37.0. The monoisotopic (exact) mass is 458 g/mol. The van der Waals surface area contributed by atoms with Gasteiger partial charge in [0.25, 0.3) is 0 Å². The minimum atomic E-state index is -1.16. The number of carboxylic acids is 2. The van der Waals surface area contributed by atoms with Gasteiger partial charge in [-0.25, -0.2) is 19.6 Å². The predicted molar refractivity (Wildman–Crippen MR) is 128 cm³/mol. The molecule has 0 unspecified atom stereocenters. The number of carboxylic acid groups (broad SMARTS) is 2. The molecule has 164 valence electrons. The molecule has 0 atom stereocenters. The zero-order valence-corrected chi connectivity index (χ0v) is 18.2. The Bertz CT molecular complexity index is 1380. The van der Waals surface area contributed by atoms with E-state index in [1.165, 1.54) is 24.3 Å². The molecular formula is C24H18N4O4S. The van der Waals surface area contributed by atoms with Gasteiger partial charge in [-0.2, -0.15) is 0 Å². The van der Waals surface area contributed by atoms with Gasteiger partial charge >= 0.3 is 11.9 Å². The second kappa shape index (κ2) is 9.01. The highest BCUT2D eigenvalue weighted by Gasteiger charge is 2.14. The van der Waals surface area contributed by atoms with E-state index in [4.69, 9.17) is 5.73 Å². The maximum Gasteiger partial charge on any atom is 0.335 e. The molecule has 3 aromatic rings. The fraction of sp³-hybridized carbons (Fsp3) is 0.0417. The van der Waals surface area contributed by atoms with Crippen LogP contribution in [0, 0.1) is 0 Å². The Kier molecular flexibility index (Phi) is 5.97.